The minimum atomic E-state index is -0.435. The first-order chi connectivity index (χ1) is 13.5. The highest BCUT2D eigenvalue weighted by atomic mass is 16.6. The summed E-state index contributed by atoms with van der Waals surface area (Å²) in [6.45, 7) is 2.60. The summed E-state index contributed by atoms with van der Waals surface area (Å²) < 4.78 is 0. The maximum absolute atomic E-state index is 10.8. The minimum absolute atomic E-state index is 0.0317. The molecule has 0 N–H and O–H groups in total. The molecule has 144 valence electrons. The van der Waals surface area contributed by atoms with E-state index in [0.717, 1.165) is 0 Å². The summed E-state index contributed by atoms with van der Waals surface area (Å²) in [6.07, 6.45) is 3.21. The zero-order valence-corrected chi connectivity index (χ0v) is 14.9. The molecule has 10 nitrogen and oxygen atoms in total. The monoisotopic (exact) mass is 382 g/mol. The van der Waals surface area contributed by atoms with Crippen molar-refractivity contribution in [1.29, 1.82) is 0 Å². The molecular weight excluding hydrogens is 364 g/mol. The normalized spacial score (nSPS) is 14.7. The zero-order valence-electron chi connectivity index (χ0n) is 14.9. The van der Waals surface area contributed by atoms with Gasteiger partial charge in [-0.15, -0.1) is 0 Å². The van der Waals surface area contributed by atoms with Crippen molar-refractivity contribution in [2.45, 2.75) is 0 Å². The van der Waals surface area contributed by atoms with Crippen molar-refractivity contribution in [2.75, 3.05) is 26.2 Å². The fourth-order valence-electron chi connectivity index (χ4n) is 2.65. The van der Waals surface area contributed by atoms with Crippen LogP contribution in [-0.4, -0.2) is 58.5 Å². The van der Waals surface area contributed by atoms with Crippen molar-refractivity contribution in [3.05, 3.63) is 79.9 Å². The number of nitro benzene ring substituents is 2. The van der Waals surface area contributed by atoms with Gasteiger partial charge < -0.3 is 0 Å². The fraction of sp³-hybridized carbons (Fsp3) is 0.222. The first-order valence-corrected chi connectivity index (χ1v) is 8.58. The Labute approximate surface area is 160 Å². The topological polar surface area (TPSA) is 117 Å². The van der Waals surface area contributed by atoms with Gasteiger partial charge in [-0.25, -0.2) is 0 Å². The molecule has 2 aromatic carbocycles. The summed E-state index contributed by atoms with van der Waals surface area (Å²) in [5.74, 6) is 0. The first kappa shape index (κ1) is 19.0. The Kier molecular flexibility index (Phi) is 5.90. The van der Waals surface area contributed by atoms with Gasteiger partial charge in [-0.1, -0.05) is 24.3 Å². The second kappa shape index (κ2) is 8.71. The van der Waals surface area contributed by atoms with Crippen molar-refractivity contribution in [3.8, 4) is 0 Å². The largest absolute Gasteiger partial charge is 0.293 e. The smallest absolute Gasteiger partial charge is 0.270 e. The lowest BCUT2D eigenvalue weighted by Gasteiger charge is -2.31. The highest BCUT2D eigenvalue weighted by Crippen LogP contribution is 2.13. The Bertz CT molecular complexity index is 846. The summed E-state index contributed by atoms with van der Waals surface area (Å²) in [5, 5.41) is 34.1. The van der Waals surface area contributed by atoms with E-state index >= 15 is 0 Å². The van der Waals surface area contributed by atoms with E-state index < -0.39 is 9.85 Å². The lowest BCUT2D eigenvalue weighted by atomic mass is 10.2. The van der Waals surface area contributed by atoms with Crippen LogP contribution in [0.15, 0.2) is 58.7 Å². The molecule has 0 bridgehead atoms. The molecular formula is C18H18N6O4. The first-order valence-electron chi connectivity index (χ1n) is 8.58. The Hall–Kier alpha value is -3.82. The molecule has 1 aliphatic rings. The maximum Gasteiger partial charge on any atom is 0.270 e. The Morgan fingerprint density at radius 1 is 0.750 bits per heavy atom. The number of hydrogen-bond acceptors (Lipinski definition) is 8. The molecule has 2 aromatic rings. The van der Waals surface area contributed by atoms with Crippen LogP contribution in [0.3, 0.4) is 0 Å². The summed E-state index contributed by atoms with van der Waals surface area (Å²) in [7, 11) is 0. The standard InChI is InChI=1S/C18H18N6O4/c25-23(26)17-5-1-3-15(11-17)13-19-21-7-9-22(10-8-21)20-14-16-4-2-6-18(12-16)24(27)28/h1-6,11-14H,7-10H2. The van der Waals surface area contributed by atoms with E-state index in [4.69, 9.17) is 0 Å². The van der Waals surface area contributed by atoms with E-state index in [2.05, 4.69) is 10.2 Å². The second-order valence-electron chi connectivity index (χ2n) is 6.10. The van der Waals surface area contributed by atoms with Crippen LogP contribution in [-0.2, 0) is 0 Å². The summed E-state index contributed by atoms with van der Waals surface area (Å²) in [4.78, 5) is 20.7. The van der Waals surface area contributed by atoms with Gasteiger partial charge in [0.1, 0.15) is 0 Å². The van der Waals surface area contributed by atoms with Crippen molar-refractivity contribution < 1.29 is 9.85 Å². The third-order valence-electron chi connectivity index (χ3n) is 4.13. The average molecular weight is 382 g/mol. The molecule has 0 radical (unpaired) electrons. The number of hydrazone groups is 2. The molecule has 0 amide bonds. The van der Waals surface area contributed by atoms with Gasteiger partial charge in [-0.3, -0.25) is 30.2 Å². The molecule has 0 aromatic heterocycles. The molecule has 1 saturated heterocycles. The van der Waals surface area contributed by atoms with Gasteiger partial charge in [0, 0.05) is 35.4 Å². The SMILES string of the molecule is O=[N+]([O-])c1cccc(C=NN2CCN(N=Cc3cccc([N+](=O)[O-])c3)CC2)c1. The molecule has 10 heteroatoms. The van der Waals surface area contributed by atoms with Gasteiger partial charge in [0.05, 0.1) is 48.5 Å². The molecule has 0 saturated carbocycles. The van der Waals surface area contributed by atoms with Crippen LogP contribution in [0.4, 0.5) is 11.4 Å². The molecule has 1 heterocycles. The number of benzene rings is 2. The predicted molar refractivity (Wildman–Crippen MR) is 105 cm³/mol. The van der Waals surface area contributed by atoms with E-state index in [-0.39, 0.29) is 11.4 Å². The fourth-order valence-corrected chi connectivity index (χ4v) is 2.65. The summed E-state index contributed by atoms with van der Waals surface area (Å²) >= 11 is 0. The van der Waals surface area contributed by atoms with Crippen LogP contribution < -0.4 is 0 Å². The number of hydrogen-bond donors (Lipinski definition) is 0. The second-order valence-corrected chi connectivity index (χ2v) is 6.10. The quantitative estimate of drug-likeness (QED) is 0.430. The molecule has 28 heavy (non-hydrogen) atoms. The van der Waals surface area contributed by atoms with Gasteiger partial charge in [-0.05, 0) is 0 Å². The number of nitro groups is 2. The van der Waals surface area contributed by atoms with Crippen LogP contribution in [0.5, 0.6) is 0 Å². The Balaban J connectivity index is 1.53. The van der Waals surface area contributed by atoms with Crippen molar-refractivity contribution in [3.63, 3.8) is 0 Å². The third kappa shape index (κ3) is 5.10. The lowest BCUT2D eigenvalue weighted by molar-refractivity contribution is -0.385. The van der Waals surface area contributed by atoms with E-state index in [1.54, 1.807) is 36.7 Å². The molecule has 3 rings (SSSR count). The van der Waals surface area contributed by atoms with Gasteiger partial charge in [-0.2, -0.15) is 10.2 Å². The van der Waals surface area contributed by atoms with E-state index in [0.29, 0.717) is 37.3 Å². The van der Waals surface area contributed by atoms with Crippen LogP contribution in [0.2, 0.25) is 0 Å². The Morgan fingerprint density at radius 3 is 1.50 bits per heavy atom. The van der Waals surface area contributed by atoms with Crippen LogP contribution >= 0.6 is 0 Å². The van der Waals surface area contributed by atoms with Crippen LogP contribution in [0.1, 0.15) is 11.1 Å². The molecule has 1 aliphatic heterocycles. The lowest BCUT2D eigenvalue weighted by Crippen LogP contribution is -2.41. The molecule has 1 fully saturated rings. The molecule has 0 atom stereocenters. The van der Waals surface area contributed by atoms with Gasteiger partial charge >= 0.3 is 0 Å². The highest BCUT2D eigenvalue weighted by molar-refractivity contribution is 5.81. The van der Waals surface area contributed by atoms with Gasteiger partial charge in [0.25, 0.3) is 11.4 Å². The van der Waals surface area contributed by atoms with Crippen molar-refractivity contribution >= 4 is 23.8 Å². The number of non-ortho nitro benzene ring substituents is 2. The number of piperazine rings is 1. The number of nitrogens with zero attached hydrogens (tertiary/aromatic N) is 6. The van der Waals surface area contributed by atoms with Crippen LogP contribution in [0, 0.1) is 20.2 Å². The highest BCUT2D eigenvalue weighted by Gasteiger charge is 2.13. The summed E-state index contributed by atoms with van der Waals surface area (Å²) in [5.41, 5.74) is 1.40. The minimum Gasteiger partial charge on any atom is -0.293 e. The van der Waals surface area contributed by atoms with Gasteiger partial charge in [0.15, 0.2) is 0 Å². The van der Waals surface area contributed by atoms with E-state index in [9.17, 15) is 20.2 Å². The predicted octanol–water partition coefficient (Wildman–Crippen LogP) is 2.49. The van der Waals surface area contributed by atoms with E-state index in [1.165, 1.54) is 24.3 Å². The zero-order chi connectivity index (χ0) is 19.9. The van der Waals surface area contributed by atoms with E-state index in [1.807, 2.05) is 10.0 Å². The molecule has 0 spiro atoms. The Morgan fingerprint density at radius 2 is 1.14 bits per heavy atom. The van der Waals surface area contributed by atoms with Crippen molar-refractivity contribution in [1.82, 2.24) is 10.0 Å². The maximum atomic E-state index is 10.8. The molecule has 0 unspecified atom stereocenters. The number of rotatable bonds is 6. The third-order valence-corrected chi connectivity index (χ3v) is 4.13. The van der Waals surface area contributed by atoms with Crippen molar-refractivity contribution in [2.24, 2.45) is 10.2 Å². The molecule has 0 aliphatic carbocycles. The van der Waals surface area contributed by atoms with Gasteiger partial charge in [0.2, 0.25) is 0 Å². The average Bonchev–Trinajstić information content (AvgIpc) is 2.72. The summed E-state index contributed by atoms with van der Waals surface area (Å²) in [6, 6.07) is 12.6. The van der Waals surface area contributed by atoms with Crippen LogP contribution in [0.25, 0.3) is 0 Å².